The van der Waals surface area contributed by atoms with Crippen LogP contribution in [0.3, 0.4) is 0 Å². The molecule has 1 heterocycles. The second-order valence-electron chi connectivity index (χ2n) is 3.25. The number of nitrogens with one attached hydrogen (secondary N) is 1. The lowest BCUT2D eigenvalue weighted by Crippen LogP contribution is -2.05. The third kappa shape index (κ3) is 1.61. The zero-order chi connectivity index (χ0) is 10.8. The largest absolute Gasteiger partial charge is 0.326 e. The molecule has 15 heavy (non-hydrogen) atoms. The zero-order valence-corrected chi connectivity index (χ0v) is 8.23. The molecule has 0 radical (unpaired) electrons. The number of anilines is 1. The van der Waals surface area contributed by atoms with Gasteiger partial charge >= 0.3 is 0 Å². The molecule has 1 amide bonds. The van der Waals surface area contributed by atoms with Gasteiger partial charge in [-0.05, 0) is 18.2 Å². The van der Waals surface area contributed by atoms with Gasteiger partial charge in [0.25, 0.3) is 0 Å². The maximum absolute atomic E-state index is 10.9. The highest BCUT2D eigenvalue weighted by Gasteiger charge is 2.05. The predicted molar refractivity (Wildman–Crippen MR) is 58.4 cm³/mol. The number of aromatic nitrogens is 1. The summed E-state index contributed by atoms with van der Waals surface area (Å²) in [5.41, 5.74) is 1.51. The molecule has 4 nitrogen and oxygen atoms in total. The first kappa shape index (κ1) is 9.45. The molecule has 0 spiro atoms. The van der Waals surface area contributed by atoms with Crippen molar-refractivity contribution in [2.45, 2.75) is 6.92 Å². The van der Waals surface area contributed by atoms with Gasteiger partial charge < -0.3 is 5.32 Å². The summed E-state index contributed by atoms with van der Waals surface area (Å²) in [5.74, 6) is -0.124. The van der Waals surface area contributed by atoms with Crippen LogP contribution in [0.2, 0.25) is 0 Å². The van der Waals surface area contributed by atoms with Crippen LogP contribution in [0.15, 0.2) is 30.5 Å². The van der Waals surface area contributed by atoms with Crippen LogP contribution in [0.1, 0.15) is 6.92 Å². The summed E-state index contributed by atoms with van der Waals surface area (Å²) >= 11 is 0. The highest BCUT2D eigenvalue weighted by molar-refractivity contribution is 6.01. The first-order chi connectivity index (χ1) is 7.22. The molecule has 76 valence electrons. The van der Waals surface area contributed by atoms with E-state index < -0.39 is 0 Å². The second-order valence-corrected chi connectivity index (χ2v) is 3.25. The molecule has 4 heteroatoms. The van der Waals surface area contributed by atoms with Crippen molar-refractivity contribution in [3.63, 3.8) is 0 Å². The second kappa shape index (κ2) is 3.57. The Labute approximate surface area is 86.5 Å². The monoisotopic (exact) mass is 202 g/mol. The van der Waals surface area contributed by atoms with Gasteiger partial charge in [0, 0.05) is 18.5 Å². The fourth-order valence-electron chi connectivity index (χ4n) is 1.58. The van der Waals surface area contributed by atoms with Crippen LogP contribution < -0.4 is 5.32 Å². The van der Waals surface area contributed by atoms with Crippen molar-refractivity contribution < 1.29 is 9.59 Å². The topological polar surface area (TPSA) is 51.1 Å². The third-order valence-electron chi connectivity index (χ3n) is 2.19. The van der Waals surface area contributed by atoms with Crippen LogP contribution in [0, 0.1) is 0 Å². The molecule has 0 unspecified atom stereocenters. The molecule has 2 rings (SSSR count). The molecule has 1 N–H and O–H groups in total. The highest BCUT2D eigenvalue weighted by Crippen LogP contribution is 2.23. The van der Waals surface area contributed by atoms with Gasteiger partial charge in [0.05, 0.1) is 11.2 Å². The van der Waals surface area contributed by atoms with Crippen molar-refractivity contribution >= 4 is 28.9 Å². The average molecular weight is 202 g/mol. The van der Waals surface area contributed by atoms with E-state index in [1.54, 1.807) is 24.4 Å². The van der Waals surface area contributed by atoms with Crippen molar-refractivity contribution in [2.24, 2.45) is 0 Å². The minimum atomic E-state index is -0.124. The van der Waals surface area contributed by atoms with Crippen LogP contribution in [-0.2, 0) is 9.59 Å². The Morgan fingerprint density at radius 3 is 2.87 bits per heavy atom. The van der Waals surface area contributed by atoms with Crippen LogP contribution in [0.25, 0.3) is 10.9 Å². The number of benzene rings is 1. The summed E-state index contributed by atoms with van der Waals surface area (Å²) in [4.78, 5) is 21.6. The van der Waals surface area contributed by atoms with Crippen LogP contribution in [-0.4, -0.2) is 16.9 Å². The van der Waals surface area contributed by atoms with Gasteiger partial charge in [0.1, 0.15) is 0 Å². The maximum atomic E-state index is 10.9. The first-order valence-corrected chi connectivity index (χ1v) is 4.55. The van der Waals surface area contributed by atoms with Crippen LogP contribution in [0.4, 0.5) is 5.69 Å². The Morgan fingerprint density at radius 2 is 2.20 bits per heavy atom. The fourth-order valence-corrected chi connectivity index (χ4v) is 1.58. The molecule has 0 saturated carbocycles. The van der Waals surface area contributed by atoms with Crippen LogP contribution in [0.5, 0.6) is 0 Å². The van der Waals surface area contributed by atoms with Crippen LogP contribution >= 0.6 is 0 Å². The number of rotatable bonds is 2. The lowest BCUT2D eigenvalue weighted by molar-refractivity contribution is -0.114. The molecule has 0 saturated heterocycles. The third-order valence-corrected chi connectivity index (χ3v) is 2.19. The number of hydrogen-bond donors (Lipinski definition) is 1. The molecule has 0 aliphatic rings. The van der Waals surface area contributed by atoms with Gasteiger partial charge in [-0.15, -0.1) is 0 Å². The Kier molecular flexibility index (Phi) is 2.25. The van der Waals surface area contributed by atoms with Gasteiger partial charge in [-0.2, -0.15) is 0 Å². The van der Waals surface area contributed by atoms with E-state index in [-0.39, 0.29) is 5.91 Å². The number of nitrogens with zero attached hydrogens (tertiary/aromatic N) is 1. The summed E-state index contributed by atoms with van der Waals surface area (Å²) in [6.07, 6.45) is 2.41. The van der Waals surface area contributed by atoms with Gasteiger partial charge in [0.2, 0.25) is 12.3 Å². The first-order valence-electron chi connectivity index (χ1n) is 4.55. The number of carbonyl (C=O) groups is 2. The summed E-state index contributed by atoms with van der Waals surface area (Å²) < 4.78 is 1.47. The number of carbonyl (C=O) groups excluding carboxylic acids is 2. The van der Waals surface area contributed by atoms with E-state index in [0.717, 1.165) is 23.0 Å². The fraction of sp³-hybridized carbons (Fsp3) is 0.0909. The van der Waals surface area contributed by atoms with E-state index in [1.807, 2.05) is 6.07 Å². The van der Waals surface area contributed by atoms with Crippen molar-refractivity contribution in [1.29, 1.82) is 0 Å². The summed E-state index contributed by atoms with van der Waals surface area (Å²) in [7, 11) is 0. The number of fused-ring (bicyclic) bond motifs is 1. The number of hydrogen-bond acceptors (Lipinski definition) is 2. The SMILES string of the molecule is CC(=O)Nc1cccc2c1ccn2C=O. The van der Waals surface area contributed by atoms with E-state index >= 15 is 0 Å². The quantitative estimate of drug-likeness (QED) is 0.752. The number of amides is 1. The Hall–Kier alpha value is -2.10. The van der Waals surface area contributed by atoms with Gasteiger partial charge in [-0.25, -0.2) is 0 Å². The Bertz CT molecular complexity index is 528. The molecular formula is C11H10N2O2. The standard InChI is InChI=1S/C11H10N2O2/c1-8(15)12-10-3-2-4-11-9(10)5-6-13(11)7-14/h2-7H,1H3,(H,12,15). The van der Waals surface area contributed by atoms with E-state index in [0.29, 0.717) is 0 Å². The maximum Gasteiger partial charge on any atom is 0.221 e. The summed E-state index contributed by atoms with van der Waals surface area (Å²) in [6.45, 7) is 1.45. The molecule has 0 bridgehead atoms. The minimum Gasteiger partial charge on any atom is -0.326 e. The molecule has 1 aromatic heterocycles. The molecule has 0 aliphatic carbocycles. The summed E-state index contributed by atoms with van der Waals surface area (Å²) in [5, 5.41) is 3.58. The lowest BCUT2D eigenvalue weighted by atomic mass is 10.2. The molecule has 2 aromatic rings. The Morgan fingerprint density at radius 1 is 1.40 bits per heavy atom. The summed E-state index contributed by atoms with van der Waals surface area (Å²) in [6, 6.07) is 7.23. The van der Waals surface area contributed by atoms with Crippen molar-refractivity contribution in [3.05, 3.63) is 30.5 Å². The van der Waals surface area contributed by atoms with Gasteiger partial charge in [-0.1, -0.05) is 6.07 Å². The average Bonchev–Trinajstić information content (AvgIpc) is 2.61. The predicted octanol–water partition coefficient (Wildman–Crippen LogP) is 1.64. The molecule has 0 aliphatic heterocycles. The van der Waals surface area contributed by atoms with Gasteiger partial charge in [0.15, 0.2) is 0 Å². The van der Waals surface area contributed by atoms with E-state index in [2.05, 4.69) is 5.32 Å². The normalized spacial score (nSPS) is 10.2. The lowest BCUT2D eigenvalue weighted by Gasteiger charge is -2.03. The van der Waals surface area contributed by atoms with E-state index in [1.165, 1.54) is 11.5 Å². The minimum absolute atomic E-state index is 0.124. The van der Waals surface area contributed by atoms with Crippen molar-refractivity contribution in [2.75, 3.05) is 5.32 Å². The van der Waals surface area contributed by atoms with Crippen molar-refractivity contribution in [3.8, 4) is 0 Å². The van der Waals surface area contributed by atoms with E-state index in [9.17, 15) is 9.59 Å². The van der Waals surface area contributed by atoms with Crippen molar-refractivity contribution in [1.82, 2.24) is 4.57 Å². The zero-order valence-electron chi connectivity index (χ0n) is 8.23. The molecule has 0 atom stereocenters. The molecular weight excluding hydrogens is 192 g/mol. The molecule has 0 fully saturated rings. The Balaban J connectivity index is 2.61. The van der Waals surface area contributed by atoms with Gasteiger partial charge in [-0.3, -0.25) is 14.2 Å². The molecule has 1 aromatic carbocycles. The van der Waals surface area contributed by atoms with E-state index in [4.69, 9.17) is 0 Å². The highest BCUT2D eigenvalue weighted by atomic mass is 16.1. The smallest absolute Gasteiger partial charge is 0.221 e.